The summed E-state index contributed by atoms with van der Waals surface area (Å²) in [5.41, 5.74) is 2.52. The number of likely N-dealkylation sites (tertiary alicyclic amines) is 1. The fourth-order valence-corrected chi connectivity index (χ4v) is 2.74. The van der Waals surface area contributed by atoms with Gasteiger partial charge in [0.15, 0.2) is 0 Å². The maximum atomic E-state index is 11.0. The van der Waals surface area contributed by atoms with Gasteiger partial charge < -0.3 is 14.7 Å². The van der Waals surface area contributed by atoms with E-state index in [9.17, 15) is 4.79 Å². The number of benzene rings is 1. The summed E-state index contributed by atoms with van der Waals surface area (Å²) in [6.07, 6.45) is 2.72. The molecule has 1 unspecified atom stereocenters. The van der Waals surface area contributed by atoms with Gasteiger partial charge in [0.2, 0.25) is 0 Å². The molecule has 1 aliphatic heterocycles. The van der Waals surface area contributed by atoms with E-state index < -0.39 is 5.97 Å². The van der Waals surface area contributed by atoms with E-state index in [-0.39, 0.29) is 5.92 Å². The van der Waals surface area contributed by atoms with Crippen molar-refractivity contribution in [3.05, 3.63) is 29.3 Å². The largest absolute Gasteiger partial charge is 0.494 e. The molecule has 21 heavy (non-hydrogen) atoms. The first-order valence-corrected chi connectivity index (χ1v) is 7.71. The van der Waals surface area contributed by atoms with Crippen molar-refractivity contribution in [3.8, 4) is 5.75 Å². The highest BCUT2D eigenvalue weighted by molar-refractivity contribution is 5.70. The minimum absolute atomic E-state index is 0.195. The van der Waals surface area contributed by atoms with Crippen LogP contribution in [0.2, 0.25) is 0 Å². The summed E-state index contributed by atoms with van der Waals surface area (Å²) in [6, 6.07) is 6.15. The van der Waals surface area contributed by atoms with Gasteiger partial charge in [0, 0.05) is 13.1 Å². The molecule has 1 heterocycles. The quantitative estimate of drug-likeness (QED) is 0.819. The minimum atomic E-state index is -0.661. The third-order valence-corrected chi connectivity index (χ3v) is 4.22. The van der Waals surface area contributed by atoms with E-state index in [1.165, 1.54) is 11.1 Å². The molecule has 1 aliphatic rings. The highest BCUT2D eigenvalue weighted by Crippen LogP contribution is 2.18. The van der Waals surface area contributed by atoms with Crippen molar-refractivity contribution >= 4 is 5.97 Å². The molecular formula is C17H25NO3. The molecule has 1 atom stereocenters. The summed E-state index contributed by atoms with van der Waals surface area (Å²) in [5, 5.41) is 9.07. The topological polar surface area (TPSA) is 49.8 Å². The molecule has 1 fully saturated rings. The molecule has 1 aromatic carbocycles. The predicted octanol–water partition coefficient (Wildman–Crippen LogP) is 2.87. The van der Waals surface area contributed by atoms with Gasteiger partial charge in [-0.2, -0.15) is 0 Å². The molecule has 1 aromatic rings. The molecule has 0 bridgehead atoms. The lowest BCUT2D eigenvalue weighted by Gasteiger charge is -2.30. The molecule has 116 valence electrons. The standard InChI is InChI=1S/C17H25NO3/c1-13-6-7-16(11-14(13)2)21-10-4-9-18-8-3-5-15(12-18)17(19)20/h6-7,11,15H,3-5,8-10,12H2,1-2H3,(H,19,20). The SMILES string of the molecule is Cc1ccc(OCCCN2CCCC(C(=O)O)C2)cc1C. The second-order valence-electron chi connectivity index (χ2n) is 5.93. The number of ether oxygens (including phenoxy) is 1. The van der Waals surface area contributed by atoms with Crippen LogP contribution in [-0.2, 0) is 4.79 Å². The van der Waals surface area contributed by atoms with Crippen LogP contribution in [0.15, 0.2) is 18.2 Å². The van der Waals surface area contributed by atoms with Gasteiger partial charge in [-0.3, -0.25) is 4.79 Å². The second-order valence-corrected chi connectivity index (χ2v) is 5.93. The molecule has 4 heteroatoms. The average Bonchev–Trinajstić information content (AvgIpc) is 2.47. The normalized spacial score (nSPS) is 19.4. The van der Waals surface area contributed by atoms with Gasteiger partial charge in [0.25, 0.3) is 0 Å². The Morgan fingerprint density at radius 2 is 2.19 bits per heavy atom. The van der Waals surface area contributed by atoms with Crippen molar-refractivity contribution in [2.75, 3.05) is 26.2 Å². The van der Waals surface area contributed by atoms with Crippen LogP contribution in [-0.4, -0.2) is 42.2 Å². The number of piperidine rings is 1. The van der Waals surface area contributed by atoms with Gasteiger partial charge in [0.05, 0.1) is 12.5 Å². The number of hydrogen-bond acceptors (Lipinski definition) is 3. The van der Waals surface area contributed by atoms with E-state index in [0.29, 0.717) is 13.2 Å². The van der Waals surface area contributed by atoms with Crippen LogP contribution in [0.5, 0.6) is 5.75 Å². The van der Waals surface area contributed by atoms with Crippen LogP contribution in [0.1, 0.15) is 30.4 Å². The van der Waals surface area contributed by atoms with Gasteiger partial charge in [-0.1, -0.05) is 6.07 Å². The van der Waals surface area contributed by atoms with Gasteiger partial charge in [-0.15, -0.1) is 0 Å². The van der Waals surface area contributed by atoms with Crippen LogP contribution in [0.4, 0.5) is 0 Å². The minimum Gasteiger partial charge on any atom is -0.494 e. The van der Waals surface area contributed by atoms with Crippen LogP contribution < -0.4 is 4.74 Å². The number of nitrogens with zero attached hydrogens (tertiary/aromatic N) is 1. The maximum absolute atomic E-state index is 11.0. The van der Waals surface area contributed by atoms with Crippen molar-refractivity contribution in [1.29, 1.82) is 0 Å². The Morgan fingerprint density at radius 1 is 1.38 bits per heavy atom. The lowest BCUT2D eigenvalue weighted by atomic mass is 9.98. The molecule has 2 rings (SSSR count). The third-order valence-electron chi connectivity index (χ3n) is 4.22. The van der Waals surface area contributed by atoms with E-state index in [1.807, 2.05) is 6.07 Å². The van der Waals surface area contributed by atoms with Gasteiger partial charge in [-0.05, 0) is 62.9 Å². The smallest absolute Gasteiger partial charge is 0.307 e. The third kappa shape index (κ3) is 4.74. The lowest BCUT2D eigenvalue weighted by molar-refractivity contribution is -0.143. The fourth-order valence-electron chi connectivity index (χ4n) is 2.74. The molecule has 0 aromatic heterocycles. The van der Waals surface area contributed by atoms with Crippen LogP contribution in [0, 0.1) is 19.8 Å². The summed E-state index contributed by atoms with van der Waals surface area (Å²) in [7, 11) is 0. The molecule has 0 radical (unpaired) electrons. The Morgan fingerprint density at radius 3 is 2.90 bits per heavy atom. The first-order chi connectivity index (χ1) is 10.1. The van der Waals surface area contributed by atoms with Crippen LogP contribution >= 0.6 is 0 Å². The molecule has 1 saturated heterocycles. The highest BCUT2D eigenvalue weighted by atomic mass is 16.5. The Hall–Kier alpha value is -1.55. The van der Waals surface area contributed by atoms with Crippen LogP contribution in [0.25, 0.3) is 0 Å². The molecule has 0 spiro atoms. The molecular weight excluding hydrogens is 266 g/mol. The molecule has 0 saturated carbocycles. The van der Waals surface area contributed by atoms with Gasteiger partial charge in [0.1, 0.15) is 5.75 Å². The van der Waals surface area contributed by atoms with Crippen molar-refractivity contribution in [3.63, 3.8) is 0 Å². The summed E-state index contributed by atoms with van der Waals surface area (Å²) in [5.74, 6) is 0.0608. The van der Waals surface area contributed by atoms with Gasteiger partial charge >= 0.3 is 5.97 Å². The number of carboxylic acid groups (broad SMARTS) is 1. The predicted molar refractivity (Wildman–Crippen MR) is 82.8 cm³/mol. The Labute approximate surface area is 126 Å². The highest BCUT2D eigenvalue weighted by Gasteiger charge is 2.24. The number of carbonyl (C=O) groups is 1. The molecule has 0 aliphatic carbocycles. The number of aliphatic carboxylic acids is 1. The summed E-state index contributed by atoms with van der Waals surface area (Å²) in [6.45, 7) is 7.45. The Bertz CT molecular complexity index is 487. The monoisotopic (exact) mass is 291 g/mol. The van der Waals surface area contributed by atoms with Crippen molar-refractivity contribution in [1.82, 2.24) is 4.90 Å². The van der Waals surface area contributed by atoms with Crippen LogP contribution in [0.3, 0.4) is 0 Å². The fraction of sp³-hybridized carbons (Fsp3) is 0.588. The summed E-state index contributed by atoms with van der Waals surface area (Å²) < 4.78 is 5.76. The average molecular weight is 291 g/mol. The summed E-state index contributed by atoms with van der Waals surface area (Å²) >= 11 is 0. The zero-order chi connectivity index (χ0) is 15.2. The van der Waals surface area contributed by atoms with E-state index in [2.05, 4.69) is 30.9 Å². The zero-order valence-electron chi connectivity index (χ0n) is 13.0. The zero-order valence-corrected chi connectivity index (χ0v) is 13.0. The Kier molecular flexibility index (Phi) is 5.62. The van der Waals surface area contributed by atoms with E-state index >= 15 is 0 Å². The molecule has 4 nitrogen and oxygen atoms in total. The number of carboxylic acids is 1. The van der Waals surface area contributed by atoms with Crippen molar-refractivity contribution < 1.29 is 14.6 Å². The maximum Gasteiger partial charge on any atom is 0.307 e. The number of rotatable bonds is 6. The number of hydrogen-bond donors (Lipinski definition) is 1. The molecule has 1 N–H and O–H groups in total. The van der Waals surface area contributed by atoms with Crippen molar-refractivity contribution in [2.45, 2.75) is 33.1 Å². The molecule has 0 amide bonds. The lowest BCUT2D eigenvalue weighted by Crippen LogP contribution is -2.39. The number of aryl methyl sites for hydroxylation is 2. The summed E-state index contributed by atoms with van der Waals surface area (Å²) in [4.78, 5) is 13.3. The van der Waals surface area contributed by atoms with Crippen molar-refractivity contribution in [2.24, 2.45) is 5.92 Å². The first-order valence-electron chi connectivity index (χ1n) is 7.71. The first kappa shape index (κ1) is 15.8. The van der Waals surface area contributed by atoms with E-state index in [1.54, 1.807) is 0 Å². The van der Waals surface area contributed by atoms with E-state index in [0.717, 1.165) is 38.1 Å². The van der Waals surface area contributed by atoms with E-state index in [4.69, 9.17) is 9.84 Å². The Balaban J connectivity index is 1.69. The van der Waals surface area contributed by atoms with Gasteiger partial charge in [-0.25, -0.2) is 0 Å². The second kappa shape index (κ2) is 7.46.